The van der Waals surface area contributed by atoms with Gasteiger partial charge in [-0.25, -0.2) is 0 Å². The first kappa shape index (κ1) is 22.7. The zero-order chi connectivity index (χ0) is 24.5. The Bertz CT molecular complexity index is 1320. The predicted octanol–water partition coefficient (Wildman–Crippen LogP) is 5.40. The van der Waals surface area contributed by atoms with Gasteiger partial charge in [0.25, 0.3) is 0 Å². The first-order valence-corrected chi connectivity index (χ1v) is 11.5. The first-order chi connectivity index (χ1) is 17.0. The lowest BCUT2D eigenvalue weighted by Crippen LogP contribution is -2.26. The highest BCUT2D eigenvalue weighted by Crippen LogP contribution is 2.46. The van der Waals surface area contributed by atoms with Gasteiger partial charge in [0.2, 0.25) is 0 Å². The third-order valence-electron chi connectivity index (χ3n) is 6.73. The lowest BCUT2D eigenvalue weighted by molar-refractivity contribution is -0.116. The van der Waals surface area contributed by atoms with Gasteiger partial charge >= 0.3 is 0 Å². The lowest BCUT2D eigenvalue weighted by Gasteiger charge is -2.30. The van der Waals surface area contributed by atoms with E-state index in [1.807, 2.05) is 48.5 Å². The molecule has 35 heavy (non-hydrogen) atoms. The molecule has 3 aromatic rings. The molecule has 0 unspecified atom stereocenters. The molecule has 7 heteroatoms. The molecule has 0 spiro atoms. The Balaban J connectivity index is 1.59. The van der Waals surface area contributed by atoms with Crippen molar-refractivity contribution in [3.63, 3.8) is 0 Å². The third-order valence-corrected chi connectivity index (χ3v) is 6.73. The monoisotopic (exact) mass is 472 g/mol. The van der Waals surface area contributed by atoms with Crippen LogP contribution in [0.2, 0.25) is 0 Å². The molecule has 7 nitrogen and oxygen atoms in total. The number of aromatic hydroxyl groups is 1. The largest absolute Gasteiger partial charge is 0.504 e. The van der Waals surface area contributed by atoms with E-state index in [9.17, 15) is 9.90 Å². The number of fused-ring (bicyclic) bond motifs is 1. The summed E-state index contributed by atoms with van der Waals surface area (Å²) in [6, 6.07) is 18.5. The maximum Gasteiger partial charge on any atom is 0.163 e. The molecule has 0 fully saturated rings. The Hall–Kier alpha value is -4.13. The fourth-order valence-electron chi connectivity index (χ4n) is 4.96. The number of hydrogen-bond donors (Lipinski definition) is 3. The maximum absolute atomic E-state index is 13.7. The summed E-state index contributed by atoms with van der Waals surface area (Å²) in [5.41, 5.74) is 5.26. The van der Waals surface area contributed by atoms with Crippen LogP contribution in [0.5, 0.6) is 23.0 Å². The summed E-state index contributed by atoms with van der Waals surface area (Å²) < 4.78 is 16.2. The number of carbonyl (C=O) groups is 1. The van der Waals surface area contributed by atoms with Crippen molar-refractivity contribution >= 4 is 17.2 Å². The number of anilines is 2. The van der Waals surface area contributed by atoms with E-state index in [-0.39, 0.29) is 17.5 Å². The van der Waals surface area contributed by atoms with Crippen molar-refractivity contribution in [3.8, 4) is 23.0 Å². The number of ether oxygens (including phenoxy) is 3. The van der Waals surface area contributed by atoms with Crippen LogP contribution in [0.1, 0.15) is 35.9 Å². The van der Waals surface area contributed by atoms with Crippen LogP contribution in [0.3, 0.4) is 0 Å². The molecule has 2 aliphatic rings. The van der Waals surface area contributed by atoms with Gasteiger partial charge in [0.1, 0.15) is 0 Å². The van der Waals surface area contributed by atoms with Gasteiger partial charge in [-0.3, -0.25) is 4.79 Å². The molecule has 0 saturated carbocycles. The predicted molar refractivity (Wildman–Crippen MR) is 135 cm³/mol. The second-order valence-corrected chi connectivity index (χ2v) is 8.71. The van der Waals surface area contributed by atoms with Crippen molar-refractivity contribution in [3.05, 3.63) is 83.1 Å². The molecule has 3 aromatic carbocycles. The SMILES string of the molecule is COc1cc([C@@H]2Nc3ccccc3NC3=C2C(=O)C[C@@H](c2ccc(OC)c(OC)c2)C3)ccc1O. The maximum atomic E-state index is 13.7. The quantitative estimate of drug-likeness (QED) is 0.458. The van der Waals surface area contributed by atoms with Crippen molar-refractivity contribution < 1.29 is 24.1 Å². The number of hydrogen-bond acceptors (Lipinski definition) is 7. The number of ketones is 1. The minimum absolute atomic E-state index is 0.00572. The molecule has 1 heterocycles. The van der Waals surface area contributed by atoms with E-state index in [4.69, 9.17) is 14.2 Å². The Morgan fingerprint density at radius 2 is 1.49 bits per heavy atom. The van der Waals surface area contributed by atoms with Crippen LogP contribution in [0.4, 0.5) is 11.4 Å². The molecule has 1 aliphatic heterocycles. The fourth-order valence-corrected chi connectivity index (χ4v) is 4.96. The summed E-state index contributed by atoms with van der Waals surface area (Å²) in [4.78, 5) is 13.7. The van der Waals surface area contributed by atoms with Gasteiger partial charge in [0.05, 0.1) is 38.7 Å². The fraction of sp³-hybridized carbons (Fsp3) is 0.250. The standard InChI is InChI=1S/C28H28N2O5/c1-33-24-11-9-16(14-26(24)35-3)18-12-21-27(23(32)13-18)28(17-8-10-22(31)25(15-17)34-2)30-20-7-5-4-6-19(20)29-21/h4-11,14-15,18,28-31H,12-13H2,1-3H3/t18-,28-/m0/s1. The van der Waals surface area contributed by atoms with Crippen molar-refractivity contribution in [1.29, 1.82) is 0 Å². The number of nitrogens with one attached hydrogen (secondary N) is 2. The molecule has 5 rings (SSSR count). The Morgan fingerprint density at radius 1 is 0.800 bits per heavy atom. The summed E-state index contributed by atoms with van der Waals surface area (Å²) in [7, 11) is 4.73. The topological polar surface area (TPSA) is 89.1 Å². The zero-order valence-electron chi connectivity index (χ0n) is 19.9. The molecule has 0 saturated heterocycles. The van der Waals surface area contributed by atoms with E-state index in [0.717, 1.165) is 28.2 Å². The summed E-state index contributed by atoms with van der Waals surface area (Å²) in [5, 5.41) is 17.2. The van der Waals surface area contributed by atoms with E-state index in [2.05, 4.69) is 10.6 Å². The summed E-state index contributed by atoms with van der Waals surface area (Å²) >= 11 is 0. The second kappa shape index (κ2) is 9.25. The Morgan fingerprint density at radius 3 is 2.23 bits per heavy atom. The molecular formula is C28H28N2O5. The molecule has 3 N–H and O–H groups in total. The number of para-hydroxylation sites is 2. The van der Waals surface area contributed by atoms with Crippen molar-refractivity contribution in [2.24, 2.45) is 0 Å². The number of allylic oxidation sites excluding steroid dienone is 1. The van der Waals surface area contributed by atoms with E-state index < -0.39 is 6.04 Å². The molecule has 2 atom stereocenters. The smallest absolute Gasteiger partial charge is 0.163 e. The van der Waals surface area contributed by atoms with Gasteiger partial charge in [0.15, 0.2) is 28.8 Å². The van der Waals surface area contributed by atoms with Crippen LogP contribution in [-0.2, 0) is 4.79 Å². The normalized spacial score (nSPS) is 19.0. The molecule has 0 bridgehead atoms. The minimum Gasteiger partial charge on any atom is -0.504 e. The highest BCUT2D eigenvalue weighted by Gasteiger charge is 2.36. The van der Waals surface area contributed by atoms with Gasteiger partial charge < -0.3 is 30.0 Å². The van der Waals surface area contributed by atoms with Crippen molar-refractivity contribution in [1.82, 2.24) is 0 Å². The third kappa shape index (κ3) is 4.14. The Labute approximate surface area is 204 Å². The van der Waals surface area contributed by atoms with Gasteiger partial charge in [-0.1, -0.05) is 24.3 Å². The second-order valence-electron chi connectivity index (χ2n) is 8.71. The van der Waals surface area contributed by atoms with Crippen molar-refractivity contribution in [2.75, 3.05) is 32.0 Å². The number of phenols is 1. The van der Waals surface area contributed by atoms with Crippen LogP contribution in [0, 0.1) is 0 Å². The lowest BCUT2D eigenvalue weighted by atomic mass is 9.78. The molecule has 0 aromatic heterocycles. The number of methoxy groups -OCH3 is 3. The van der Waals surface area contributed by atoms with E-state index in [0.29, 0.717) is 35.7 Å². The van der Waals surface area contributed by atoms with Gasteiger partial charge in [0, 0.05) is 17.7 Å². The van der Waals surface area contributed by atoms with Crippen LogP contribution in [0.25, 0.3) is 0 Å². The Kier molecular flexibility index (Phi) is 5.99. The average Bonchev–Trinajstić information content (AvgIpc) is 3.05. The van der Waals surface area contributed by atoms with Crippen molar-refractivity contribution in [2.45, 2.75) is 24.8 Å². The highest BCUT2D eigenvalue weighted by molar-refractivity contribution is 6.01. The number of Topliss-reactive ketones (excluding diaryl/α,β-unsaturated/α-hetero) is 1. The number of carbonyl (C=O) groups excluding carboxylic acids is 1. The molecular weight excluding hydrogens is 444 g/mol. The summed E-state index contributed by atoms with van der Waals surface area (Å²) in [6.07, 6.45) is 1.04. The number of rotatable bonds is 5. The van der Waals surface area contributed by atoms with Gasteiger partial charge in [-0.05, 0) is 59.9 Å². The molecule has 180 valence electrons. The molecule has 0 radical (unpaired) electrons. The summed E-state index contributed by atoms with van der Waals surface area (Å²) in [5.74, 6) is 1.78. The minimum atomic E-state index is -0.394. The molecule has 0 amide bonds. The van der Waals surface area contributed by atoms with Gasteiger partial charge in [-0.2, -0.15) is 0 Å². The molecule has 1 aliphatic carbocycles. The highest BCUT2D eigenvalue weighted by atomic mass is 16.5. The van der Waals surface area contributed by atoms with Crippen LogP contribution >= 0.6 is 0 Å². The van der Waals surface area contributed by atoms with Crippen LogP contribution in [0.15, 0.2) is 71.9 Å². The number of phenolic OH excluding ortho intramolecular Hbond substituents is 1. The van der Waals surface area contributed by atoms with E-state index in [1.165, 1.54) is 7.11 Å². The average molecular weight is 473 g/mol. The number of benzene rings is 3. The summed E-state index contributed by atoms with van der Waals surface area (Å²) in [6.45, 7) is 0. The first-order valence-electron chi connectivity index (χ1n) is 11.5. The van der Waals surface area contributed by atoms with E-state index in [1.54, 1.807) is 26.4 Å². The van der Waals surface area contributed by atoms with E-state index >= 15 is 0 Å². The van der Waals surface area contributed by atoms with Crippen LogP contribution < -0.4 is 24.8 Å². The van der Waals surface area contributed by atoms with Gasteiger partial charge in [-0.15, -0.1) is 0 Å². The van der Waals surface area contributed by atoms with Crippen LogP contribution in [-0.4, -0.2) is 32.2 Å². The zero-order valence-corrected chi connectivity index (χ0v) is 19.9.